The summed E-state index contributed by atoms with van der Waals surface area (Å²) in [6.07, 6.45) is 2.01. The van der Waals surface area contributed by atoms with Gasteiger partial charge in [0.15, 0.2) is 0 Å². The van der Waals surface area contributed by atoms with Gasteiger partial charge in [0.05, 0.1) is 0 Å². The highest BCUT2D eigenvalue weighted by atomic mass is 35.5. The molecule has 0 saturated carbocycles. The molecule has 0 aliphatic heterocycles. The molecule has 1 heterocycles. The van der Waals surface area contributed by atoms with Crippen molar-refractivity contribution in [2.75, 3.05) is 0 Å². The molecule has 3 rings (SSSR count). The van der Waals surface area contributed by atoms with Crippen LogP contribution in [0.15, 0.2) is 48.7 Å². The topological polar surface area (TPSA) is 14.2 Å². The maximum absolute atomic E-state index is 13.5. The average molecular weight is 304 g/mol. The first-order valence-electron chi connectivity index (χ1n) is 6.83. The smallest absolute Gasteiger partial charge is 0.123 e. The number of fused-ring (bicyclic) bond motifs is 1. The number of ether oxygens (including phenoxy) is 1. The van der Waals surface area contributed by atoms with Crippen molar-refractivity contribution in [2.24, 2.45) is 0 Å². The molecule has 2 nitrogen and oxygen atoms in total. The van der Waals surface area contributed by atoms with Crippen LogP contribution in [0, 0.1) is 5.82 Å². The van der Waals surface area contributed by atoms with E-state index in [4.69, 9.17) is 16.3 Å². The van der Waals surface area contributed by atoms with Crippen LogP contribution < -0.4 is 4.74 Å². The van der Waals surface area contributed by atoms with Crippen molar-refractivity contribution >= 4 is 22.5 Å². The predicted molar refractivity (Wildman–Crippen MR) is 83.4 cm³/mol. The molecule has 1 aromatic heterocycles. The SMILES string of the molecule is CCn1cc(COc2ccc(Cl)cc2)c2cc(F)ccc21. The second-order valence-corrected chi connectivity index (χ2v) is 5.28. The quantitative estimate of drug-likeness (QED) is 0.659. The zero-order valence-corrected chi connectivity index (χ0v) is 12.4. The molecule has 0 atom stereocenters. The lowest BCUT2D eigenvalue weighted by atomic mass is 10.2. The third kappa shape index (κ3) is 2.88. The molecule has 0 bridgehead atoms. The lowest BCUT2D eigenvalue weighted by Gasteiger charge is -2.05. The summed E-state index contributed by atoms with van der Waals surface area (Å²) in [4.78, 5) is 0. The van der Waals surface area contributed by atoms with E-state index in [1.54, 1.807) is 24.3 Å². The number of aromatic nitrogens is 1. The fourth-order valence-electron chi connectivity index (χ4n) is 2.41. The van der Waals surface area contributed by atoms with E-state index in [-0.39, 0.29) is 5.82 Å². The Morgan fingerprint density at radius 1 is 1.14 bits per heavy atom. The summed E-state index contributed by atoms with van der Waals surface area (Å²) >= 11 is 5.85. The first kappa shape index (κ1) is 14.0. The molecule has 0 N–H and O–H groups in total. The van der Waals surface area contributed by atoms with E-state index in [1.165, 1.54) is 6.07 Å². The van der Waals surface area contributed by atoms with Crippen LogP contribution in [0.3, 0.4) is 0 Å². The fraction of sp³-hybridized carbons (Fsp3) is 0.176. The Balaban J connectivity index is 1.89. The van der Waals surface area contributed by atoms with E-state index in [9.17, 15) is 4.39 Å². The minimum atomic E-state index is -0.232. The molecular formula is C17H15ClFNO. The molecule has 0 unspecified atom stereocenters. The van der Waals surface area contributed by atoms with Crippen molar-refractivity contribution in [3.05, 3.63) is 65.1 Å². The van der Waals surface area contributed by atoms with Gasteiger partial charge in [0.2, 0.25) is 0 Å². The molecular weight excluding hydrogens is 289 g/mol. The Morgan fingerprint density at radius 3 is 2.62 bits per heavy atom. The van der Waals surface area contributed by atoms with Gasteiger partial charge in [0.25, 0.3) is 0 Å². The number of rotatable bonds is 4. The molecule has 4 heteroatoms. The summed E-state index contributed by atoms with van der Waals surface area (Å²) in [5, 5.41) is 1.57. The van der Waals surface area contributed by atoms with Gasteiger partial charge in [-0.3, -0.25) is 0 Å². The minimum Gasteiger partial charge on any atom is -0.489 e. The summed E-state index contributed by atoms with van der Waals surface area (Å²) in [7, 11) is 0. The molecule has 0 aliphatic rings. The highest BCUT2D eigenvalue weighted by Gasteiger charge is 2.09. The van der Waals surface area contributed by atoms with Gasteiger partial charge in [-0.25, -0.2) is 4.39 Å². The van der Waals surface area contributed by atoms with Gasteiger partial charge >= 0.3 is 0 Å². The van der Waals surface area contributed by atoms with Crippen molar-refractivity contribution in [1.29, 1.82) is 0 Å². The molecule has 21 heavy (non-hydrogen) atoms. The normalized spacial score (nSPS) is 11.0. The van der Waals surface area contributed by atoms with Crippen LogP contribution in [0.5, 0.6) is 5.75 Å². The van der Waals surface area contributed by atoms with E-state index in [1.807, 2.05) is 18.3 Å². The Bertz CT molecular complexity index is 764. The first-order chi connectivity index (χ1) is 10.2. The number of halogens is 2. The van der Waals surface area contributed by atoms with Crippen LogP contribution in [-0.4, -0.2) is 4.57 Å². The zero-order valence-electron chi connectivity index (χ0n) is 11.6. The highest BCUT2D eigenvalue weighted by molar-refractivity contribution is 6.30. The van der Waals surface area contributed by atoms with Crippen molar-refractivity contribution in [2.45, 2.75) is 20.1 Å². The number of aryl methyl sites for hydroxylation is 1. The summed E-state index contributed by atoms with van der Waals surface area (Å²) in [5.41, 5.74) is 2.00. The molecule has 2 aromatic carbocycles. The Morgan fingerprint density at radius 2 is 1.90 bits per heavy atom. The summed E-state index contributed by atoms with van der Waals surface area (Å²) in [6.45, 7) is 3.30. The van der Waals surface area contributed by atoms with Gasteiger partial charge in [-0.1, -0.05) is 11.6 Å². The largest absolute Gasteiger partial charge is 0.489 e. The van der Waals surface area contributed by atoms with Gasteiger partial charge in [-0.2, -0.15) is 0 Å². The fourth-order valence-corrected chi connectivity index (χ4v) is 2.54. The van der Waals surface area contributed by atoms with Crippen molar-refractivity contribution in [3.63, 3.8) is 0 Å². The second-order valence-electron chi connectivity index (χ2n) is 4.84. The van der Waals surface area contributed by atoms with Gasteiger partial charge in [0.1, 0.15) is 18.2 Å². The van der Waals surface area contributed by atoms with Gasteiger partial charge in [-0.05, 0) is 49.4 Å². The van der Waals surface area contributed by atoms with Crippen LogP contribution >= 0.6 is 11.6 Å². The minimum absolute atomic E-state index is 0.232. The van der Waals surface area contributed by atoms with Crippen LogP contribution in [0.4, 0.5) is 4.39 Å². The van der Waals surface area contributed by atoms with E-state index in [2.05, 4.69) is 11.5 Å². The van der Waals surface area contributed by atoms with E-state index < -0.39 is 0 Å². The molecule has 0 radical (unpaired) electrons. The first-order valence-corrected chi connectivity index (χ1v) is 7.21. The van der Waals surface area contributed by atoms with E-state index in [0.717, 1.165) is 28.8 Å². The maximum atomic E-state index is 13.5. The number of hydrogen-bond donors (Lipinski definition) is 0. The standard InChI is InChI=1S/C17H15ClFNO/c1-2-20-10-12(16-9-14(19)5-8-17(16)20)11-21-15-6-3-13(18)4-7-15/h3-10H,2,11H2,1H3. The lowest BCUT2D eigenvalue weighted by molar-refractivity contribution is 0.307. The van der Waals surface area contributed by atoms with Crippen LogP contribution in [-0.2, 0) is 13.2 Å². The van der Waals surface area contributed by atoms with Gasteiger partial charge in [0, 0.05) is 34.2 Å². The molecule has 0 spiro atoms. The van der Waals surface area contributed by atoms with Gasteiger partial charge < -0.3 is 9.30 Å². The Labute approximate surface area is 127 Å². The van der Waals surface area contributed by atoms with Crippen molar-refractivity contribution < 1.29 is 9.13 Å². The lowest BCUT2D eigenvalue weighted by Crippen LogP contribution is -1.95. The molecule has 0 amide bonds. The molecule has 0 fully saturated rings. The molecule has 0 aliphatic carbocycles. The second kappa shape index (κ2) is 5.78. The average Bonchev–Trinajstić information content (AvgIpc) is 2.84. The van der Waals surface area contributed by atoms with Crippen molar-refractivity contribution in [3.8, 4) is 5.75 Å². The summed E-state index contributed by atoms with van der Waals surface area (Å²) < 4.78 is 21.3. The Kier molecular flexibility index (Phi) is 3.84. The Hall–Kier alpha value is -2.00. The van der Waals surface area contributed by atoms with Crippen LogP contribution in [0.25, 0.3) is 10.9 Å². The van der Waals surface area contributed by atoms with Crippen LogP contribution in [0.2, 0.25) is 5.02 Å². The zero-order chi connectivity index (χ0) is 14.8. The third-order valence-corrected chi connectivity index (χ3v) is 3.73. The molecule has 0 saturated heterocycles. The van der Waals surface area contributed by atoms with Crippen molar-refractivity contribution in [1.82, 2.24) is 4.57 Å². The number of nitrogens with zero attached hydrogens (tertiary/aromatic N) is 1. The van der Waals surface area contributed by atoms with E-state index >= 15 is 0 Å². The summed E-state index contributed by atoms with van der Waals surface area (Å²) in [5.74, 6) is 0.511. The monoisotopic (exact) mass is 303 g/mol. The van der Waals surface area contributed by atoms with Gasteiger partial charge in [-0.15, -0.1) is 0 Å². The van der Waals surface area contributed by atoms with E-state index in [0.29, 0.717) is 11.6 Å². The third-order valence-electron chi connectivity index (χ3n) is 3.47. The highest BCUT2D eigenvalue weighted by Crippen LogP contribution is 2.24. The molecule has 3 aromatic rings. The van der Waals surface area contributed by atoms with Crippen LogP contribution in [0.1, 0.15) is 12.5 Å². The number of benzene rings is 2. The summed E-state index contributed by atoms with van der Waals surface area (Å²) in [6, 6.07) is 12.1. The predicted octanol–water partition coefficient (Wildman–Crippen LogP) is 5.03. The number of hydrogen-bond acceptors (Lipinski definition) is 1. The molecule has 108 valence electrons. The maximum Gasteiger partial charge on any atom is 0.123 e.